The van der Waals surface area contributed by atoms with Crippen molar-refractivity contribution < 1.29 is 0 Å². The summed E-state index contributed by atoms with van der Waals surface area (Å²) in [5.41, 5.74) is 24.4. The van der Waals surface area contributed by atoms with E-state index >= 15 is 0 Å². The average Bonchev–Trinajstić information content (AvgIpc) is 3.29. The second-order valence-electron chi connectivity index (χ2n) is 20.4. The summed E-state index contributed by atoms with van der Waals surface area (Å²) >= 11 is 0. The van der Waals surface area contributed by atoms with E-state index in [1.807, 2.05) is 0 Å². The Morgan fingerprint density at radius 3 is 0.984 bits per heavy atom. The molecule has 4 heteroatoms. The Kier molecular flexibility index (Phi) is 11.8. The largest absolute Gasteiger partial charge is 0.311 e. The number of hydrogen-bond donors (Lipinski definition) is 0. The molecular weight excluding hydrogens is 770 g/mol. The van der Waals surface area contributed by atoms with E-state index in [9.17, 15) is 0 Å². The van der Waals surface area contributed by atoms with Crippen molar-refractivity contribution in [2.75, 3.05) is 9.80 Å². The molecule has 0 spiro atoms. The molecular formula is C60H66B2N2. The van der Waals surface area contributed by atoms with Gasteiger partial charge in [-0.1, -0.05) is 197 Å². The Labute approximate surface area is 385 Å². The smallest absolute Gasteiger partial charge is 0.247 e. The molecule has 2 aliphatic rings. The van der Waals surface area contributed by atoms with Crippen molar-refractivity contribution in [3.8, 4) is 0 Å². The summed E-state index contributed by atoms with van der Waals surface area (Å²) in [6.07, 6.45) is 0. The molecule has 0 aromatic heterocycles. The van der Waals surface area contributed by atoms with E-state index in [0.717, 1.165) is 0 Å². The summed E-state index contributed by atoms with van der Waals surface area (Å²) in [5.74, 6) is 2.43. The predicted molar refractivity (Wildman–Crippen MR) is 283 cm³/mol. The van der Waals surface area contributed by atoms with E-state index in [0.29, 0.717) is 35.5 Å². The van der Waals surface area contributed by atoms with Crippen molar-refractivity contribution in [3.63, 3.8) is 0 Å². The van der Waals surface area contributed by atoms with E-state index in [1.54, 1.807) is 0 Å². The van der Waals surface area contributed by atoms with Gasteiger partial charge >= 0.3 is 0 Å². The lowest BCUT2D eigenvalue weighted by molar-refractivity contribution is 0.812. The summed E-state index contributed by atoms with van der Waals surface area (Å²) in [4.78, 5) is 5.09. The molecule has 2 aliphatic heterocycles. The van der Waals surface area contributed by atoms with Crippen LogP contribution < -0.4 is 42.6 Å². The fourth-order valence-corrected chi connectivity index (χ4v) is 11.0. The molecule has 0 radical (unpaired) electrons. The van der Waals surface area contributed by atoms with Crippen molar-refractivity contribution >= 4 is 80.3 Å². The molecule has 0 unspecified atom stereocenters. The monoisotopic (exact) mass is 837 g/mol. The van der Waals surface area contributed by atoms with Gasteiger partial charge in [0.15, 0.2) is 0 Å². The SMILES string of the molecule is CC(C)c1cc(C(C)C)c(B2c3ccccc3N(c3ccc4c(c3)N(c3ccccc3)c3ccccc3B4c3c(C(C)C)cc(C(C)C)cc3C(C)C)c3ccccc32)c(C(C)C)c1. The zero-order valence-electron chi connectivity index (χ0n) is 40.4. The molecule has 7 aromatic rings. The van der Waals surface area contributed by atoms with Gasteiger partial charge in [-0.25, -0.2) is 0 Å². The van der Waals surface area contributed by atoms with Gasteiger partial charge in [-0.15, -0.1) is 0 Å². The van der Waals surface area contributed by atoms with E-state index < -0.39 is 0 Å². The second kappa shape index (κ2) is 17.3. The van der Waals surface area contributed by atoms with Crippen LogP contribution in [0.1, 0.15) is 152 Å². The highest BCUT2D eigenvalue weighted by atomic mass is 15.2. The first-order valence-electron chi connectivity index (χ1n) is 24.2. The van der Waals surface area contributed by atoms with Crippen molar-refractivity contribution in [1.82, 2.24) is 0 Å². The topological polar surface area (TPSA) is 6.48 Å². The first-order valence-corrected chi connectivity index (χ1v) is 24.2. The van der Waals surface area contributed by atoms with Crippen LogP contribution in [0, 0.1) is 0 Å². The fourth-order valence-electron chi connectivity index (χ4n) is 11.0. The van der Waals surface area contributed by atoms with Crippen LogP contribution in [0.25, 0.3) is 0 Å². The van der Waals surface area contributed by atoms with Crippen LogP contribution in [-0.4, -0.2) is 13.4 Å². The maximum atomic E-state index is 2.56. The number of para-hydroxylation sites is 4. The molecule has 2 nitrogen and oxygen atoms in total. The van der Waals surface area contributed by atoms with Crippen molar-refractivity contribution in [1.29, 1.82) is 0 Å². The second-order valence-corrected chi connectivity index (χ2v) is 20.4. The Morgan fingerprint density at radius 2 is 0.625 bits per heavy atom. The zero-order chi connectivity index (χ0) is 45.1. The van der Waals surface area contributed by atoms with Crippen LogP contribution in [-0.2, 0) is 0 Å². The fraction of sp³-hybridized carbons (Fsp3) is 0.300. The molecule has 9 rings (SSSR count). The summed E-state index contributed by atoms with van der Waals surface area (Å²) in [6, 6.07) is 56.2. The zero-order valence-corrected chi connectivity index (χ0v) is 40.4. The molecule has 0 atom stereocenters. The highest BCUT2D eigenvalue weighted by molar-refractivity contribution is 6.99. The first-order chi connectivity index (χ1) is 30.8. The normalized spacial score (nSPS) is 13.4. The average molecular weight is 837 g/mol. The maximum Gasteiger partial charge on any atom is 0.247 e. The Morgan fingerprint density at radius 1 is 0.297 bits per heavy atom. The van der Waals surface area contributed by atoms with E-state index in [1.165, 1.54) is 100 Å². The van der Waals surface area contributed by atoms with E-state index in [4.69, 9.17) is 0 Å². The molecule has 0 saturated carbocycles. The number of nitrogens with zero attached hydrogens (tertiary/aromatic N) is 2. The minimum atomic E-state index is 0.0688. The van der Waals surface area contributed by atoms with Gasteiger partial charge in [-0.05, 0) is 133 Å². The molecule has 322 valence electrons. The van der Waals surface area contributed by atoms with Crippen LogP contribution >= 0.6 is 0 Å². The lowest BCUT2D eigenvalue weighted by Crippen LogP contribution is -2.60. The molecule has 7 aromatic carbocycles. The van der Waals surface area contributed by atoms with Crippen molar-refractivity contribution in [3.05, 3.63) is 179 Å². The minimum absolute atomic E-state index is 0.0688. The first kappa shape index (κ1) is 43.5. The van der Waals surface area contributed by atoms with Crippen molar-refractivity contribution in [2.24, 2.45) is 0 Å². The van der Waals surface area contributed by atoms with Gasteiger partial charge in [0.25, 0.3) is 0 Å². The maximum absolute atomic E-state index is 2.56. The summed E-state index contributed by atoms with van der Waals surface area (Å²) in [7, 11) is 0. The lowest BCUT2D eigenvalue weighted by atomic mass is 9.33. The molecule has 0 amide bonds. The summed E-state index contributed by atoms with van der Waals surface area (Å²) in [5, 5.41) is 0. The minimum Gasteiger partial charge on any atom is -0.311 e. The van der Waals surface area contributed by atoms with Crippen LogP contribution in [0.2, 0.25) is 0 Å². The molecule has 0 fully saturated rings. The van der Waals surface area contributed by atoms with Gasteiger partial charge in [-0.3, -0.25) is 0 Å². The standard InChI is InChI=1S/C60H66B2N2/c1-37(2)43-32-47(39(5)6)59(48(33-43)40(7)8)61-52-25-17-20-28-56(52)64(57-29-21-18-26-53(57)61)46-30-31-54-58(36-46)63(45-22-14-13-15-23-45)55-27-19-16-24-51(55)62(54)60-49(41(9)10)34-44(38(3)4)35-50(60)42(11)12/h13-42H,1-12H3. The third kappa shape index (κ3) is 7.41. The molecule has 0 aliphatic carbocycles. The number of hydrogen-bond acceptors (Lipinski definition) is 2. The highest BCUT2D eigenvalue weighted by Gasteiger charge is 2.41. The van der Waals surface area contributed by atoms with Crippen LogP contribution in [0.4, 0.5) is 34.1 Å². The van der Waals surface area contributed by atoms with Crippen LogP contribution in [0.3, 0.4) is 0 Å². The summed E-state index contributed by atoms with van der Waals surface area (Å²) in [6.45, 7) is 28.6. The number of benzene rings is 7. The molecule has 0 N–H and O–H groups in total. The van der Waals surface area contributed by atoms with Gasteiger partial charge in [0.2, 0.25) is 13.4 Å². The molecule has 0 bridgehead atoms. The quantitative estimate of drug-likeness (QED) is 0.127. The molecule has 64 heavy (non-hydrogen) atoms. The van der Waals surface area contributed by atoms with Gasteiger partial charge in [0, 0.05) is 34.1 Å². The van der Waals surface area contributed by atoms with E-state index in [2.05, 4.69) is 238 Å². The number of anilines is 6. The van der Waals surface area contributed by atoms with Gasteiger partial charge < -0.3 is 9.80 Å². The predicted octanol–water partition coefficient (Wildman–Crippen LogP) is 13.0. The summed E-state index contributed by atoms with van der Waals surface area (Å²) < 4.78 is 0. The molecule has 2 heterocycles. The Bertz CT molecular complexity index is 2730. The van der Waals surface area contributed by atoms with E-state index in [-0.39, 0.29) is 13.4 Å². The Hall–Kier alpha value is -5.73. The van der Waals surface area contributed by atoms with Crippen LogP contribution in [0.15, 0.2) is 146 Å². The number of rotatable bonds is 10. The Balaban J connectivity index is 1.31. The van der Waals surface area contributed by atoms with Crippen molar-refractivity contribution in [2.45, 2.75) is 119 Å². The lowest BCUT2D eigenvalue weighted by Gasteiger charge is -2.41. The van der Waals surface area contributed by atoms with Gasteiger partial charge in [0.1, 0.15) is 0 Å². The van der Waals surface area contributed by atoms with Crippen LogP contribution in [0.5, 0.6) is 0 Å². The van der Waals surface area contributed by atoms with Gasteiger partial charge in [-0.2, -0.15) is 0 Å². The third-order valence-corrected chi connectivity index (χ3v) is 14.2. The van der Waals surface area contributed by atoms with Gasteiger partial charge in [0.05, 0.1) is 0 Å². The third-order valence-electron chi connectivity index (χ3n) is 14.2. The number of fused-ring (bicyclic) bond motifs is 4. The highest BCUT2D eigenvalue weighted by Crippen LogP contribution is 2.43. The molecule has 0 saturated heterocycles.